The van der Waals surface area contributed by atoms with Crippen LogP contribution in [-0.2, 0) is 19.7 Å². The molecule has 1 amide bonds. The number of rotatable bonds is 10. The topological polar surface area (TPSA) is 105 Å². The molecule has 3 rings (SSSR count). The lowest BCUT2D eigenvalue weighted by Gasteiger charge is -2.25. The van der Waals surface area contributed by atoms with Gasteiger partial charge >= 0.3 is 0 Å². The number of aromatic nitrogens is 1. The smallest absolute Gasteiger partial charge is 0.260 e. The van der Waals surface area contributed by atoms with Gasteiger partial charge in [-0.05, 0) is 43.4 Å². The zero-order valence-electron chi connectivity index (χ0n) is 20.1. The van der Waals surface area contributed by atoms with Crippen LogP contribution in [-0.4, -0.2) is 70.8 Å². The van der Waals surface area contributed by atoms with Crippen molar-refractivity contribution in [3.05, 3.63) is 48.0 Å². The minimum atomic E-state index is -3.51. The van der Waals surface area contributed by atoms with Crippen molar-refractivity contribution in [1.29, 1.82) is 0 Å². The third-order valence-corrected chi connectivity index (χ3v) is 9.50. The molecule has 0 saturated carbocycles. The van der Waals surface area contributed by atoms with E-state index in [9.17, 15) is 21.6 Å². The number of likely N-dealkylation sites (N-methyl/N-ethyl adjacent to an activating group) is 1. The van der Waals surface area contributed by atoms with E-state index in [0.29, 0.717) is 28.4 Å². The first-order valence-corrected chi connectivity index (χ1v) is 15.3. The second-order valence-electron chi connectivity index (χ2n) is 7.79. The Hall–Kier alpha value is -2.05. The summed E-state index contributed by atoms with van der Waals surface area (Å²) in [6, 6.07) is 10.9. The summed E-state index contributed by atoms with van der Waals surface area (Å²) in [6.07, 6.45) is 1.13. The van der Waals surface area contributed by atoms with E-state index in [2.05, 4.69) is 9.88 Å². The van der Waals surface area contributed by atoms with Crippen LogP contribution in [0.2, 0.25) is 0 Å². The van der Waals surface area contributed by atoms with E-state index in [-0.39, 0.29) is 39.4 Å². The van der Waals surface area contributed by atoms with Gasteiger partial charge in [-0.15, -0.1) is 12.4 Å². The Morgan fingerprint density at radius 3 is 2.23 bits per heavy atom. The Labute approximate surface area is 217 Å². The second kappa shape index (κ2) is 11.8. The summed E-state index contributed by atoms with van der Waals surface area (Å²) in [7, 11) is -6.99. The van der Waals surface area contributed by atoms with Crippen LogP contribution in [0.4, 0.5) is 5.13 Å². The minimum absolute atomic E-state index is 0. The number of thiazole rings is 1. The van der Waals surface area contributed by atoms with E-state index in [1.807, 2.05) is 13.8 Å². The van der Waals surface area contributed by atoms with Crippen LogP contribution in [0.3, 0.4) is 0 Å². The molecule has 0 N–H and O–H groups in total. The zero-order valence-corrected chi connectivity index (χ0v) is 23.4. The van der Waals surface area contributed by atoms with Crippen LogP contribution in [0.15, 0.2) is 52.3 Å². The molecule has 0 bridgehead atoms. The maximum absolute atomic E-state index is 13.6. The molecule has 0 unspecified atom stereocenters. The molecule has 0 atom stereocenters. The maximum Gasteiger partial charge on any atom is 0.260 e. The third-order valence-electron chi connectivity index (χ3n) is 5.60. The predicted molar refractivity (Wildman–Crippen MR) is 144 cm³/mol. The van der Waals surface area contributed by atoms with Crippen molar-refractivity contribution in [2.75, 3.05) is 43.1 Å². The van der Waals surface area contributed by atoms with Gasteiger partial charge in [0, 0.05) is 24.9 Å². The van der Waals surface area contributed by atoms with Gasteiger partial charge in [0.05, 0.1) is 20.2 Å². The zero-order chi connectivity index (χ0) is 25.1. The molecule has 1 heterocycles. The number of nitrogens with zero attached hydrogens (tertiary/aromatic N) is 3. The molecule has 1 aromatic heterocycles. The molecule has 12 heteroatoms. The minimum Gasteiger partial charge on any atom is -0.302 e. The fourth-order valence-electron chi connectivity index (χ4n) is 3.54. The third kappa shape index (κ3) is 6.59. The van der Waals surface area contributed by atoms with Gasteiger partial charge in [0.2, 0.25) is 0 Å². The van der Waals surface area contributed by atoms with Crippen molar-refractivity contribution in [3.63, 3.8) is 0 Å². The van der Waals surface area contributed by atoms with Crippen molar-refractivity contribution in [2.24, 2.45) is 0 Å². The number of amides is 1. The highest BCUT2D eigenvalue weighted by molar-refractivity contribution is 7.91. The Morgan fingerprint density at radius 1 is 0.971 bits per heavy atom. The van der Waals surface area contributed by atoms with Crippen LogP contribution < -0.4 is 4.90 Å². The number of carbonyl (C=O) groups excluding carboxylic acids is 1. The summed E-state index contributed by atoms with van der Waals surface area (Å²) in [5.74, 6) is -0.456. The van der Waals surface area contributed by atoms with Crippen LogP contribution in [0.25, 0.3) is 10.2 Å². The second-order valence-corrected chi connectivity index (χ2v) is 13.1. The highest BCUT2D eigenvalue weighted by Gasteiger charge is 2.25. The van der Waals surface area contributed by atoms with Gasteiger partial charge in [0.25, 0.3) is 5.91 Å². The van der Waals surface area contributed by atoms with Gasteiger partial charge in [-0.3, -0.25) is 9.69 Å². The summed E-state index contributed by atoms with van der Waals surface area (Å²) in [5.41, 5.74) is 0.560. The number of fused-ring (bicyclic) bond motifs is 1. The summed E-state index contributed by atoms with van der Waals surface area (Å²) in [5, 5.41) is 0.368. The fourth-order valence-corrected chi connectivity index (χ4v) is 6.38. The number of hydrogen-bond donors (Lipinski definition) is 0. The largest absolute Gasteiger partial charge is 0.302 e. The van der Waals surface area contributed by atoms with E-state index in [0.717, 1.165) is 19.3 Å². The Kier molecular flexibility index (Phi) is 9.83. The van der Waals surface area contributed by atoms with E-state index < -0.39 is 19.7 Å². The van der Waals surface area contributed by atoms with Gasteiger partial charge in [-0.2, -0.15) is 0 Å². The molecule has 192 valence electrons. The highest BCUT2D eigenvalue weighted by atomic mass is 35.5. The monoisotopic (exact) mass is 559 g/mol. The first-order valence-electron chi connectivity index (χ1n) is 11.0. The van der Waals surface area contributed by atoms with Gasteiger partial charge < -0.3 is 4.90 Å². The molecule has 0 saturated heterocycles. The van der Waals surface area contributed by atoms with Crippen molar-refractivity contribution in [1.82, 2.24) is 9.88 Å². The van der Waals surface area contributed by atoms with Gasteiger partial charge in [0.1, 0.15) is 5.52 Å². The number of anilines is 1. The number of para-hydroxylation sites is 1. The Bertz CT molecular complexity index is 1400. The number of hydrogen-bond acceptors (Lipinski definition) is 8. The molecule has 2 aromatic carbocycles. The average Bonchev–Trinajstić information content (AvgIpc) is 3.25. The quantitative estimate of drug-likeness (QED) is 0.371. The number of carbonyl (C=O) groups is 1. The molecule has 3 aromatic rings. The van der Waals surface area contributed by atoms with Gasteiger partial charge in [0.15, 0.2) is 24.8 Å². The van der Waals surface area contributed by atoms with Crippen molar-refractivity contribution < 1.29 is 21.6 Å². The lowest BCUT2D eigenvalue weighted by atomic mass is 10.2. The predicted octanol–water partition coefficient (Wildman–Crippen LogP) is 3.90. The average molecular weight is 560 g/mol. The standard InChI is InChI=1S/C23H29N3O5S3.ClH/c1-5-25(6-2)14-15-26(22(27)17-10-8-11-18(16-17)34(30,31)7-3)23-24-21-19(32-23)12-9-13-20(21)33(4,28)29;/h8-13,16H,5-7,14-15H2,1-4H3;1H. The Balaban J connectivity index is 0.00000432. The number of sulfone groups is 2. The number of halogens is 1. The first kappa shape index (κ1) is 29.2. The highest BCUT2D eigenvalue weighted by Crippen LogP contribution is 2.33. The van der Waals surface area contributed by atoms with Gasteiger partial charge in [-0.25, -0.2) is 21.8 Å². The molecule has 0 fully saturated rings. The Morgan fingerprint density at radius 2 is 1.63 bits per heavy atom. The number of benzene rings is 2. The SMILES string of the molecule is CCN(CC)CCN(C(=O)c1cccc(S(=O)(=O)CC)c1)c1nc2c(S(C)(=O)=O)cccc2s1.Cl. The van der Waals surface area contributed by atoms with Crippen LogP contribution in [0, 0.1) is 0 Å². The molecule has 0 aliphatic carbocycles. The molecular weight excluding hydrogens is 530 g/mol. The van der Waals surface area contributed by atoms with Crippen LogP contribution in [0.5, 0.6) is 0 Å². The summed E-state index contributed by atoms with van der Waals surface area (Å²) >= 11 is 1.23. The molecule has 8 nitrogen and oxygen atoms in total. The lowest BCUT2D eigenvalue weighted by molar-refractivity contribution is 0.0983. The molecule has 0 aliphatic heterocycles. The van der Waals surface area contributed by atoms with Crippen LogP contribution in [0.1, 0.15) is 31.1 Å². The van der Waals surface area contributed by atoms with Crippen molar-refractivity contribution >= 4 is 64.7 Å². The van der Waals surface area contributed by atoms with Crippen molar-refractivity contribution in [3.8, 4) is 0 Å². The van der Waals surface area contributed by atoms with Gasteiger partial charge in [-0.1, -0.05) is 44.2 Å². The lowest BCUT2D eigenvalue weighted by Crippen LogP contribution is -2.39. The first-order chi connectivity index (χ1) is 16.0. The van der Waals surface area contributed by atoms with Crippen molar-refractivity contribution in [2.45, 2.75) is 30.6 Å². The normalized spacial score (nSPS) is 12.0. The summed E-state index contributed by atoms with van der Waals surface area (Å²) in [6.45, 7) is 8.14. The fraction of sp³-hybridized carbons (Fsp3) is 0.391. The van der Waals surface area contributed by atoms with E-state index in [1.165, 1.54) is 34.4 Å². The van der Waals surface area contributed by atoms with Crippen LogP contribution >= 0.6 is 23.7 Å². The van der Waals surface area contributed by atoms with E-state index >= 15 is 0 Å². The molecule has 0 aliphatic rings. The summed E-state index contributed by atoms with van der Waals surface area (Å²) in [4.78, 5) is 22.0. The molecule has 0 radical (unpaired) electrons. The van der Waals surface area contributed by atoms with E-state index in [4.69, 9.17) is 0 Å². The molecular formula is C23H30ClN3O5S3. The summed E-state index contributed by atoms with van der Waals surface area (Å²) < 4.78 is 49.9. The molecule has 35 heavy (non-hydrogen) atoms. The maximum atomic E-state index is 13.6. The van der Waals surface area contributed by atoms with E-state index in [1.54, 1.807) is 31.2 Å². The molecule has 0 spiro atoms.